The Balaban J connectivity index is 2.22. The van der Waals surface area contributed by atoms with Crippen LogP contribution in [0.2, 0.25) is 0 Å². The minimum Gasteiger partial charge on any atom is -0.370 e. The van der Waals surface area contributed by atoms with Gasteiger partial charge in [0, 0.05) is 23.2 Å². The van der Waals surface area contributed by atoms with E-state index >= 15 is 0 Å². The van der Waals surface area contributed by atoms with Crippen molar-refractivity contribution in [3.8, 4) is 0 Å². The van der Waals surface area contributed by atoms with E-state index in [1.54, 1.807) is 17.4 Å². The second-order valence-electron chi connectivity index (χ2n) is 4.08. The Labute approximate surface area is 116 Å². The molecule has 0 saturated heterocycles. The Kier molecular flexibility index (Phi) is 4.52. The maximum atomic E-state index is 12.2. The average Bonchev–Trinajstić information content (AvgIpc) is 2.91. The minimum absolute atomic E-state index is 0.102. The number of aryl methyl sites for hydroxylation is 1. The van der Waals surface area contributed by atoms with E-state index in [0.717, 1.165) is 30.2 Å². The lowest BCUT2D eigenvalue weighted by Gasteiger charge is -2.09. The maximum Gasteiger partial charge on any atom is 0.255 e. The highest BCUT2D eigenvalue weighted by molar-refractivity contribution is 7.08. The van der Waals surface area contributed by atoms with Crippen LogP contribution in [0.3, 0.4) is 0 Å². The molecule has 4 nitrogen and oxygen atoms in total. The van der Waals surface area contributed by atoms with Gasteiger partial charge in [-0.05, 0) is 36.9 Å². The third kappa shape index (κ3) is 3.54. The Hall–Kier alpha value is -1.88. The van der Waals surface area contributed by atoms with Crippen molar-refractivity contribution in [2.24, 2.45) is 0 Å². The predicted octanol–water partition coefficient (Wildman–Crippen LogP) is 3.39. The fourth-order valence-electron chi connectivity index (χ4n) is 1.71. The number of hydrogen-bond acceptors (Lipinski definition) is 4. The monoisotopic (exact) mass is 275 g/mol. The number of amides is 1. The zero-order chi connectivity index (χ0) is 13.7. The first-order chi connectivity index (χ1) is 9.22. The van der Waals surface area contributed by atoms with Gasteiger partial charge in [-0.3, -0.25) is 4.79 Å². The molecule has 0 bridgehead atoms. The second kappa shape index (κ2) is 6.33. The number of anilines is 2. The first-order valence-electron chi connectivity index (χ1n) is 6.31. The maximum absolute atomic E-state index is 12.2. The molecule has 19 heavy (non-hydrogen) atoms. The van der Waals surface area contributed by atoms with Crippen LogP contribution < -0.4 is 10.6 Å². The van der Waals surface area contributed by atoms with Gasteiger partial charge in [0.25, 0.3) is 5.91 Å². The zero-order valence-corrected chi connectivity index (χ0v) is 11.9. The molecular weight excluding hydrogens is 258 g/mol. The molecule has 100 valence electrons. The van der Waals surface area contributed by atoms with Crippen molar-refractivity contribution in [3.05, 3.63) is 40.2 Å². The Morgan fingerprint density at radius 3 is 2.84 bits per heavy atom. The zero-order valence-electron chi connectivity index (χ0n) is 11.1. The van der Waals surface area contributed by atoms with E-state index in [0.29, 0.717) is 5.56 Å². The summed E-state index contributed by atoms with van der Waals surface area (Å²) in [6.45, 7) is 4.82. The van der Waals surface area contributed by atoms with Crippen LogP contribution in [0.4, 0.5) is 11.5 Å². The topological polar surface area (TPSA) is 54.0 Å². The van der Waals surface area contributed by atoms with Gasteiger partial charge in [-0.25, -0.2) is 4.98 Å². The molecule has 0 aliphatic rings. The molecule has 2 N–H and O–H groups in total. The van der Waals surface area contributed by atoms with Crippen molar-refractivity contribution in [2.75, 3.05) is 17.2 Å². The van der Waals surface area contributed by atoms with Gasteiger partial charge in [0.1, 0.15) is 5.82 Å². The number of thiophene rings is 1. The highest BCUT2D eigenvalue weighted by Gasteiger charge is 2.09. The number of hydrogen-bond donors (Lipinski definition) is 2. The molecule has 2 heterocycles. The van der Waals surface area contributed by atoms with E-state index in [1.165, 1.54) is 0 Å². The molecule has 0 spiro atoms. The summed E-state index contributed by atoms with van der Waals surface area (Å²) in [7, 11) is 0. The van der Waals surface area contributed by atoms with Crippen molar-refractivity contribution in [3.63, 3.8) is 0 Å². The van der Waals surface area contributed by atoms with E-state index in [1.807, 2.05) is 36.7 Å². The molecule has 0 fully saturated rings. The molecule has 0 aliphatic carbocycles. The van der Waals surface area contributed by atoms with Gasteiger partial charge in [0.2, 0.25) is 0 Å². The molecule has 1 amide bonds. The van der Waals surface area contributed by atoms with Gasteiger partial charge >= 0.3 is 0 Å². The smallest absolute Gasteiger partial charge is 0.255 e. The van der Waals surface area contributed by atoms with Gasteiger partial charge in [0.05, 0.1) is 5.69 Å². The van der Waals surface area contributed by atoms with Crippen LogP contribution >= 0.6 is 11.3 Å². The molecule has 5 heteroatoms. The summed E-state index contributed by atoms with van der Waals surface area (Å²) in [5, 5.41) is 9.86. The summed E-state index contributed by atoms with van der Waals surface area (Å²) < 4.78 is 0. The minimum atomic E-state index is -0.102. The summed E-state index contributed by atoms with van der Waals surface area (Å²) in [6, 6.07) is 5.50. The average molecular weight is 275 g/mol. The fraction of sp³-hybridized carbons (Fsp3) is 0.286. The number of rotatable bonds is 5. The first-order valence-corrected chi connectivity index (χ1v) is 7.25. The highest BCUT2D eigenvalue weighted by atomic mass is 32.1. The molecule has 2 aromatic rings. The normalized spacial score (nSPS) is 10.2. The second-order valence-corrected chi connectivity index (χ2v) is 4.86. The van der Waals surface area contributed by atoms with Gasteiger partial charge in [-0.2, -0.15) is 11.3 Å². The van der Waals surface area contributed by atoms with E-state index in [2.05, 4.69) is 15.6 Å². The Morgan fingerprint density at radius 1 is 1.37 bits per heavy atom. The number of nitrogens with one attached hydrogen (secondary N) is 2. The molecule has 0 aliphatic heterocycles. The van der Waals surface area contributed by atoms with Crippen LogP contribution in [0.1, 0.15) is 29.9 Å². The lowest BCUT2D eigenvalue weighted by Crippen LogP contribution is -2.13. The van der Waals surface area contributed by atoms with Crippen LogP contribution in [0.15, 0.2) is 29.0 Å². The van der Waals surface area contributed by atoms with Gasteiger partial charge in [-0.15, -0.1) is 0 Å². The van der Waals surface area contributed by atoms with Gasteiger partial charge < -0.3 is 10.6 Å². The van der Waals surface area contributed by atoms with Crippen molar-refractivity contribution < 1.29 is 4.79 Å². The van der Waals surface area contributed by atoms with Crippen molar-refractivity contribution in [1.82, 2.24) is 4.98 Å². The van der Waals surface area contributed by atoms with Gasteiger partial charge in [-0.1, -0.05) is 6.92 Å². The lowest BCUT2D eigenvalue weighted by atomic mass is 10.2. The van der Waals surface area contributed by atoms with E-state index < -0.39 is 0 Å². The van der Waals surface area contributed by atoms with Crippen LogP contribution in [0, 0.1) is 0 Å². The predicted molar refractivity (Wildman–Crippen MR) is 80.1 cm³/mol. The molecule has 0 radical (unpaired) electrons. The van der Waals surface area contributed by atoms with Crippen LogP contribution in [0.5, 0.6) is 0 Å². The summed E-state index contributed by atoms with van der Waals surface area (Å²) >= 11 is 1.56. The number of carbonyl (C=O) groups excluding carboxylic acids is 1. The third-order valence-electron chi connectivity index (χ3n) is 2.64. The highest BCUT2D eigenvalue weighted by Crippen LogP contribution is 2.16. The SMILES string of the molecule is CCNc1cc(C(=O)Nc2ccsc2)cc(CC)n1. The Morgan fingerprint density at radius 2 is 2.21 bits per heavy atom. The first kappa shape index (κ1) is 13.5. The van der Waals surface area contributed by atoms with E-state index in [-0.39, 0.29) is 5.91 Å². The third-order valence-corrected chi connectivity index (χ3v) is 3.32. The summed E-state index contributed by atoms with van der Waals surface area (Å²) in [5.74, 6) is 0.645. The number of nitrogens with zero attached hydrogens (tertiary/aromatic N) is 1. The van der Waals surface area contributed by atoms with Crippen molar-refractivity contribution >= 4 is 28.7 Å². The van der Waals surface area contributed by atoms with Crippen molar-refractivity contribution in [1.29, 1.82) is 0 Å². The largest absolute Gasteiger partial charge is 0.370 e. The fourth-order valence-corrected chi connectivity index (χ4v) is 2.30. The van der Waals surface area contributed by atoms with Crippen molar-refractivity contribution in [2.45, 2.75) is 20.3 Å². The van der Waals surface area contributed by atoms with Crippen LogP contribution in [0.25, 0.3) is 0 Å². The standard InChI is InChI=1S/C14H17N3OS/c1-3-11-7-10(8-13(16-11)15-4-2)14(18)17-12-5-6-19-9-12/h5-9H,3-4H2,1-2H3,(H,15,16)(H,17,18). The number of pyridine rings is 1. The lowest BCUT2D eigenvalue weighted by molar-refractivity contribution is 0.102. The summed E-state index contributed by atoms with van der Waals surface area (Å²) in [4.78, 5) is 16.6. The van der Waals surface area contributed by atoms with Crippen LogP contribution in [-0.4, -0.2) is 17.4 Å². The summed E-state index contributed by atoms with van der Waals surface area (Å²) in [6.07, 6.45) is 0.804. The van der Waals surface area contributed by atoms with E-state index in [9.17, 15) is 4.79 Å². The molecule has 0 atom stereocenters. The van der Waals surface area contributed by atoms with E-state index in [4.69, 9.17) is 0 Å². The number of carbonyl (C=O) groups is 1. The quantitative estimate of drug-likeness (QED) is 0.879. The molecule has 2 aromatic heterocycles. The number of aromatic nitrogens is 1. The molecule has 0 saturated carbocycles. The molecule has 2 rings (SSSR count). The molecule has 0 unspecified atom stereocenters. The molecular formula is C14H17N3OS. The van der Waals surface area contributed by atoms with Crippen LogP contribution in [-0.2, 0) is 6.42 Å². The Bertz CT molecular complexity index is 552. The van der Waals surface area contributed by atoms with Gasteiger partial charge in [0.15, 0.2) is 0 Å². The molecule has 0 aromatic carbocycles. The summed E-state index contributed by atoms with van der Waals surface area (Å²) in [5.41, 5.74) is 2.37.